The summed E-state index contributed by atoms with van der Waals surface area (Å²) in [7, 11) is 0. The first-order valence-electron chi connectivity index (χ1n) is 5.31. The number of carbonyl (C=O) groups excluding carboxylic acids is 1. The van der Waals surface area contributed by atoms with Gasteiger partial charge in [0.2, 0.25) is 6.41 Å². The van der Waals surface area contributed by atoms with Crippen molar-refractivity contribution in [3.05, 3.63) is 6.92 Å². The number of hydrogen-bond donors (Lipinski definition) is 0. The van der Waals surface area contributed by atoms with Crippen molar-refractivity contribution in [1.82, 2.24) is 5.32 Å². The number of hydrogen-bond acceptors (Lipinski definition) is 1. The normalized spacial score (nSPS) is 9.92. The summed E-state index contributed by atoms with van der Waals surface area (Å²) in [6.07, 6.45) is 10.5. The van der Waals surface area contributed by atoms with Crippen LogP contribution in [0, 0.1) is 6.92 Å². The Balaban J connectivity index is 2.79. The predicted molar refractivity (Wildman–Crippen MR) is 55.4 cm³/mol. The molecule has 13 heavy (non-hydrogen) atoms. The molecule has 0 aromatic heterocycles. The van der Waals surface area contributed by atoms with E-state index in [0.29, 0.717) is 13.0 Å². The van der Waals surface area contributed by atoms with E-state index >= 15 is 0 Å². The molecular weight excluding hydrogens is 162 g/mol. The van der Waals surface area contributed by atoms with E-state index < -0.39 is 0 Å². The molecular formula is C11H21NO. The zero-order chi connectivity index (χ0) is 9.78. The molecule has 2 heteroatoms. The summed E-state index contributed by atoms with van der Waals surface area (Å²) < 4.78 is 0. The number of unbranched alkanes of at least 4 members (excludes halogenated alkanes) is 7. The van der Waals surface area contributed by atoms with Crippen molar-refractivity contribution in [2.24, 2.45) is 0 Å². The molecule has 0 atom stereocenters. The molecule has 2 nitrogen and oxygen atoms in total. The molecule has 1 amide bonds. The van der Waals surface area contributed by atoms with Gasteiger partial charge in [-0.15, -0.1) is 0 Å². The van der Waals surface area contributed by atoms with Gasteiger partial charge in [-0.1, -0.05) is 51.9 Å². The summed E-state index contributed by atoms with van der Waals surface area (Å²) >= 11 is 0. The van der Waals surface area contributed by atoms with Crippen molar-refractivity contribution < 1.29 is 4.79 Å². The molecule has 76 valence electrons. The van der Waals surface area contributed by atoms with Gasteiger partial charge >= 0.3 is 0 Å². The molecule has 0 aromatic rings. The van der Waals surface area contributed by atoms with Crippen LogP contribution in [0.3, 0.4) is 0 Å². The van der Waals surface area contributed by atoms with Crippen molar-refractivity contribution in [3.63, 3.8) is 0 Å². The Morgan fingerprint density at radius 2 is 1.46 bits per heavy atom. The zero-order valence-corrected chi connectivity index (χ0v) is 8.50. The summed E-state index contributed by atoms with van der Waals surface area (Å²) in [4.78, 5) is 9.84. The van der Waals surface area contributed by atoms with Crippen LogP contribution in [0.25, 0.3) is 0 Å². The van der Waals surface area contributed by atoms with E-state index in [4.69, 9.17) is 0 Å². The number of amides is 1. The summed E-state index contributed by atoms with van der Waals surface area (Å²) in [5.41, 5.74) is 0. The summed E-state index contributed by atoms with van der Waals surface area (Å²) in [6.45, 7) is 4.52. The number of carbonyl (C=O) groups is 1. The van der Waals surface area contributed by atoms with Crippen molar-refractivity contribution in [3.8, 4) is 0 Å². The molecule has 0 aliphatic carbocycles. The van der Waals surface area contributed by atoms with Crippen LogP contribution in [0.15, 0.2) is 0 Å². The summed E-state index contributed by atoms with van der Waals surface area (Å²) in [6, 6.07) is 0. The second-order valence-electron chi connectivity index (χ2n) is 3.34. The fourth-order valence-corrected chi connectivity index (χ4v) is 1.32. The smallest absolute Gasteiger partial charge is 0.228 e. The largest absolute Gasteiger partial charge is 0.277 e. The third kappa shape index (κ3) is 11.5. The Bertz CT molecular complexity index is 104. The lowest BCUT2D eigenvalue weighted by Crippen LogP contribution is -2.02. The van der Waals surface area contributed by atoms with Gasteiger partial charge in [0.15, 0.2) is 0 Å². The maximum atomic E-state index is 9.84. The van der Waals surface area contributed by atoms with Gasteiger partial charge in [0.05, 0.1) is 0 Å². The van der Waals surface area contributed by atoms with E-state index in [2.05, 4.69) is 12.2 Å². The van der Waals surface area contributed by atoms with E-state index in [1.807, 2.05) is 0 Å². The van der Waals surface area contributed by atoms with Crippen LogP contribution in [-0.2, 0) is 4.79 Å². The van der Waals surface area contributed by atoms with Crippen LogP contribution in [0.4, 0.5) is 0 Å². The van der Waals surface area contributed by atoms with Gasteiger partial charge < -0.3 is 0 Å². The van der Waals surface area contributed by atoms with Crippen molar-refractivity contribution in [1.29, 1.82) is 0 Å². The van der Waals surface area contributed by atoms with Crippen LogP contribution in [0.5, 0.6) is 0 Å². The Kier molecular flexibility index (Phi) is 11.0. The molecule has 0 unspecified atom stereocenters. The van der Waals surface area contributed by atoms with Gasteiger partial charge in [0.25, 0.3) is 0 Å². The Hall–Kier alpha value is -0.530. The Morgan fingerprint density at radius 3 is 2.00 bits per heavy atom. The highest BCUT2D eigenvalue weighted by Gasteiger charge is 1.91. The molecule has 0 saturated heterocycles. The second kappa shape index (κ2) is 11.5. The van der Waals surface area contributed by atoms with Gasteiger partial charge in [-0.3, -0.25) is 10.1 Å². The van der Waals surface area contributed by atoms with Crippen LogP contribution in [0.1, 0.15) is 51.4 Å². The van der Waals surface area contributed by atoms with Crippen molar-refractivity contribution in [2.45, 2.75) is 51.4 Å². The SMILES string of the molecule is [CH2]CCCCCCCCC[N]C=O. The maximum Gasteiger partial charge on any atom is 0.228 e. The minimum absolute atomic E-state index is 0.647. The minimum atomic E-state index is 0.647. The molecule has 0 bridgehead atoms. The van der Waals surface area contributed by atoms with Gasteiger partial charge in [0, 0.05) is 6.54 Å². The monoisotopic (exact) mass is 183 g/mol. The number of nitrogens with zero attached hydrogens (tertiary/aromatic N) is 1. The van der Waals surface area contributed by atoms with Gasteiger partial charge in [-0.2, -0.15) is 0 Å². The standard InChI is InChI=1S/C11H21NO/c1-2-3-4-5-6-7-8-9-10-12-11-13/h11H,1-10H2. The zero-order valence-electron chi connectivity index (χ0n) is 8.50. The van der Waals surface area contributed by atoms with Gasteiger partial charge in [-0.05, 0) is 6.42 Å². The van der Waals surface area contributed by atoms with Gasteiger partial charge in [-0.25, -0.2) is 0 Å². The van der Waals surface area contributed by atoms with E-state index in [9.17, 15) is 4.79 Å². The van der Waals surface area contributed by atoms with Crippen LogP contribution in [0.2, 0.25) is 0 Å². The first-order valence-corrected chi connectivity index (χ1v) is 5.31. The lowest BCUT2D eigenvalue weighted by molar-refractivity contribution is -0.109. The molecule has 2 radical (unpaired) electrons. The first-order chi connectivity index (χ1) is 6.41. The van der Waals surface area contributed by atoms with E-state index in [0.717, 1.165) is 12.8 Å². The molecule has 0 spiro atoms. The average Bonchev–Trinajstić information content (AvgIpc) is 2.16. The molecule has 0 N–H and O–H groups in total. The Morgan fingerprint density at radius 1 is 0.923 bits per heavy atom. The molecule has 0 rings (SSSR count). The molecule has 0 fully saturated rings. The quantitative estimate of drug-likeness (QED) is 0.378. The second-order valence-corrected chi connectivity index (χ2v) is 3.34. The summed E-state index contributed by atoms with van der Waals surface area (Å²) in [5.74, 6) is 0. The van der Waals surface area contributed by atoms with Crippen LogP contribution in [-0.4, -0.2) is 13.0 Å². The lowest BCUT2D eigenvalue weighted by atomic mass is 10.1. The van der Waals surface area contributed by atoms with Crippen LogP contribution >= 0.6 is 0 Å². The lowest BCUT2D eigenvalue weighted by Gasteiger charge is -1.99. The predicted octanol–water partition coefficient (Wildman–Crippen LogP) is 2.70. The average molecular weight is 183 g/mol. The van der Waals surface area contributed by atoms with Gasteiger partial charge in [0.1, 0.15) is 0 Å². The highest BCUT2D eigenvalue weighted by atomic mass is 16.1. The molecule has 0 heterocycles. The van der Waals surface area contributed by atoms with Crippen molar-refractivity contribution in [2.75, 3.05) is 6.54 Å². The Labute approximate surface area is 82.1 Å². The highest BCUT2D eigenvalue weighted by Crippen LogP contribution is 2.07. The topological polar surface area (TPSA) is 31.2 Å². The summed E-state index contributed by atoms with van der Waals surface area (Å²) in [5, 5.41) is 3.63. The maximum absolute atomic E-state index is 9.84. The fraction of sp³-hybridized carbons (Fsp3) is 0.818. The van der Waals surface area contributed by atoms with E-state index in [1.54, 1.807) is 0 Å². The third-order valence-electron chi connectivity index (χ3n) is 2.11. The molecule has 0 aromatic carbocycles. The van der Waals surface area contributed by atoms with Crippen LogP contribution < -0.4 is 5.32 Å². The first kappa shape index (κ1) is 12.5. The minimum Gasteiger partial charge on any atom is -0.277 e. The molecule has 0 saturated carbocycles. The van der Waals surface area contributed by atoms with E-state index in [1.165, 1.54) is 38.5 Å². The van der Waals surface area contributed by atoms with Crippen molar-refractivity contribution >= 4 is 6.41 Å². The fourth-order valence-electron chi connectivity index (χ4n) is 1.32. The molecule has 0 aliphatic rings. The van der Waals surface area contributed by atoms with E-state index in [-0.39, 0.29) is 0 Å². The highest BCUT2D eigenvalue weighted by molar-refractivity contribution is 5.45. The third-order valence-corrected chi connectivity index (χ3v) is 2.11. The molecule has 0 aliphatic heterocycles. The number of rotatable bonds is 10.